The number of carbonyl (C=O) groups excluding carboxylic acids is 3. The minimum Gasteiger partial charge on any atom is -0.392 e. The zero-order chi connectivity index (χ0) is 76.7. The normalized spacial score (nSPS) is 13.6. The Labute approximate surface area is 647 Å². The third kappa shape index (κ3) is 62.6. The zero-order valence-corrected chi connectivity index (χ0v) is 69.7. The van der Waals surface area contributed by atoms with Crippen LogP contribution in [0.15, 0.2) is 18.2 Å². The van der Waals surface area contributed by atoms with Gasteiger partial charge in [-0.1, -0.05) is 350 Å². The van der Waals surface area contributed by atoms with Gasteiger partial charge in [0.25, 0.3) is 17.7 Å². The van der Waals surface area contributed by atoms with E-state index < -0.39 is 54.3 Å². The van der Waals surface area contributed by atoms with Gasteiger partial charge in [0.2, 0.25) is 0 Å². The van der Waals surface area contributed by atoms with Gasteiger partial charge in [-0.25, -0.2) is 0 Å². The highest BCUT2D eigenvalue weighted by Crippen LogP contribution is 2.20. The van der Waals surface area contributed by atoms with E-state index >= 15 is 0 Å². The van der Waals surface area contributed by atoms with E-state index in [0.29, 0.717) is 136 Å². The third-order valence-electron chi connectivity index (χ3n) is 21.7. The summed E-state index contributed by atoms with van der Waals surface area (Å²) in [5.41, 5.74) is 0.571. The quantitative estimate of drug-likeness (QED) is 0.0278. The van der Waals surface area contributed by atoms with E-state index in [0.717, 1.165) is 77.0 Å². The molecule has 0 saturated carbocycles. The summed E-state index contributed by atoms with van der Waals surface area (Å²) in [5, 5.41) is 77.3. The summed E-state index contributed by atoms with van der Waals surface area (Å²) in [7, 11) is 0. The van der Waals surface area contributed by atoms with E-state index in [1.807, 2.05) is 0 Å². The van der Waals surface area contributed by atoms with Crippen LogP contribution < -0.4 is 16.0 Å². The molecule has 0 aliphatic carbocycles. The Morgan fingerprint density at radius 1 is 0.238 bits per heavy atom. The maximum atomic E-state index is 14.3. The number of benzene rings is 1. The smallest absolute Gasteiger partial charge is 0.251 e. The van der Waals surface area contributed by atoms with Gasteiger partial charge in [0.15, 0.2) is 0 Å². The fourth-order valence-corrected chi connectivity index (χ4v) is 15.0. The van der Waals surface area contributed by atoms with Gasteiger partial charge >= 0.3 is 0 Å². The molecule has 1 rings (SSSR count). The van der Waals surface area contributed by atoms with Crippen LogP contribution in [0.3, 0.4) is 0 Å². The maximum Gasteiger partial charge on any atom is 0.251 e. The van der Waals surface area contributed by atoms with Crippen molar-refractivity contribution in [1.29, 1.82) is 0 Å². The first-order valence-electron chi connectivity index (χ1n) is 45.4. The van der Waals surface area contributed by atoms with E-state index in [1.165, 1.54) is 231 Å². The van der Waals surface area contributed by atoms with Crippen LogP contribution >= 0.6 is 0 Å². The van der Waals surface area contributed by atoms with Crippen LogP contribution in [0.4, 0.5) is 0 Å². The second-order valence-electron chi connectivity index (χ2n) is 32.4. The standard InChI is InChI=1S/C90H174N6O9/c1-7-13-19-25-31-37-43-49-58-82(97)73-94(74-83(98)59-50-44-38-32-26-20-14-8-2)67-55-64-91-88(103)79-70-80(89(104)92-65-56-68-95(75-84(99)60-51-45-39-33-27-21-15-9-3)76-85(100)61-52-46-40-34-28-22-16-10-4)72-81(71-79)90(105)93-66-57-69-96(77-86(101)62-53-47-41-35-29-23-17-11-5)78-87(102)63-54-48-42-36-30-24-18-12-6/h70-72,82-87,97-102H,7-69,73-78H2,1-6H3,(H,91,103)(H,92,104)(H,93,105). The van der Waals surface area contributed by atoms with Crippen LogP contribution in [0.2, 0.25) is 0 Å². The van der Waals surface area contributed by atoms with Crippen molar-refractivity contribution in [3.8, 4) is 0 Å². The summed E-state index contributed by atoms with van der Waals surface area (Å²) < 4.78 is 0. The number of amides is 3. The van der Waals surface area contributed by atoms with Crippen molar-refractivity contribution in [2.24, 2.45) is 0 Å². The summed E-state index contributed by atoms with van der Waals surface area (Å²) in [6.45, 7) is 18.8. The monoisotopic (exact) mass is 1480 g/mol. The van der Waals surface area contributed by atoms with E-state index in [9.17, 15) is 45.0 Å². The lowest BCUT2D eigenvalue weighted by molar-refractivity contribution is 0.0594. The lowest BCUT2D eigenvalue weighted by Gasteiger charge is -2.27. The van der Waals surface area contributed by atoms with E-state index in [2.05, 4.69) is 72.2 Å². The Balaban J connectivity index is 3.40. The number of nitrogens with one attached hydrogen (secondary N) is 3. The number of rotatable bonds is 81. The van der Waals surface area contributed by atoms with Crippen molar-refractivity contribution in [2.75, 3.05) is 78.5 Å². The molecule has 1 aromatic carbocycles. The zero-order valence-electron chi connectivity index (χ0n) is 69.7. The summed E-state index contributed by atoms with van der Waals surface area (Å²) >= 11 is 0. The molecule has 0 fully saturated rings. The van der Waals surface area contributed by atoms with Crippen LogP contribution in [0.5, 0.6) is 0 Å². The highest BCUT2D eigenvalue weighted by Gasteiger charge is 2.22. The first-order chi connectivity index (χ1) is 51.2. The molecular weight excluding hydrogens is 1310 g/mol. The fourth-order valence-electron chi connectivity index (χ4n) is 15.0. The maximum absolute atomic E-state index is 14.3. The summed E-state index contributed by atoms with van der Waals surface area (Å²) in [6.07, 6.45) is 60.4. The second kappa shape index (κ2) is 74.0. The molecule has 0 aromatic heterocycles. The molecule has 9 N–H and O–H groups in total. The van der Waals surface area contributed by atoms with Gasteiger partial charge in [-0.05, 0) is 76.0 Å². The molecule has 0 saturated heterocycles. The summed E-state index contributed by atoms with van der Waals surface area (Å²) in [6, 6.07) is 4.67. The van der Waals surface area contributed by atoms with Gasteiger partial charge in [0.05, 0.1) is 36.6 Å². The molecule has 1 aromatic rings. The second-order valence-corrected chi connectivity index (χ2v) is 32.4. The largest absolute Gasteiger partial charge is 0.392 e. The van der Waals surface area contributed by atoms with Crippen molar-refractivity contribution in [3.05, 3.63) is 34.9 Å². The van der Waals surface area contributed by atoms with E-state index in [4.69, 9.17) is 0 Å². The highest BCUT2D eigenvalue weighted by molar-refractivity contribution is 6.04. The molecule has 0 bridgehead atoms. The molecule has 0 heterocycles. The molecule has 15 nitrogen and oxygen atoms in total. The molecule has 0 spiro atoms. The molecular formula is C90H174N6O9. The number of carbonyl (C=O) groups is 3. The molecule has 6 unspecified atom stereocenters. The molecule has 0 radical (unpaired) electrons. The van der Waals surface area contributed by atoms with Crippen molar-refractivity contribution in [1.82, 2.24) is 30.7 Å². The van der Waals surface area contributed by atoms with Crippen LogP contribution in [0, 0.1) is 0 Å². The molecule has 6 atom stereocenters. The van der Waals surface area contributed by atoms with Crippen molar-refractivity contribution < 1.29 is 45.0 Å². The van der Waals surface area contributed by atoms with Gasteiger partial charge in [-0.2, -0.15) is 0 Å². The number of hydrogen-bond acceptors (Lipinski definition) is 12. The third-order valence-corrected chi connectivity index (χ3v) is 21.7. The Hall–Kier alpha value is -2.73. The van der Waals surface area contributed by atoms with Gasteiger partial charge in [0, 0.05) is 95.2 Å². The minimum atomic E-state index is -0.514. The van der Waals surface area contributed by atoms with Crippen LogP contribution in [-0.2, 0) is 0 Å². The van der Waals surface area contributed by atoms with Crippen LogP contribution in [-0.4, -0.2) is 178 Å². The number of nitrogens with zero attached hydrogens (tertiary/aromatic N) is 3. The first kappa shape index (κ1) is 100. The average Bonchev–Trinajstić information content (AvgIpc) is 0.829. The van der Waals surface area contributed by atoms with Crippen LogP contribution in [0.25, 0.3) is 0 Å². The Kier molecular flexibility index (Phi) is 70.7. The van der Waals surface area contributed by atoms with E-state index in [-0.39, 0.29) is 16.7 Å². The van der Waals surface area contributed by atoms with Gasteiger partial charge < -0.3 is 46.6 Å². The lowest BCUT2D eigenvalue weighted by Crippen LogP contribution is -2.40. The molecule has 105 heavy (non-hydrogen) atoms. The van der Waals surface area contributed by atoms with Crippen molar-refractivity contribution in [2.45, 2.75) is 444 Å². The van der Waals surface area contributed by atoms with E-state index in [1.54, 1.807) is 18.2 Å². The molecule has 15 heteroatoms. The number of aliphatic hydroxyl groups is 6. The minimum absolute atomic E-state index is 0.190. The topological polar surface area (TPSA) is 218 Å². The Morgan fingerprint density at radius 2 is 0.381 bits per heavy atom. The molecule has 0 aliphatic rings. The lowest BCUT2D eigenvalue weighted by atomic mass is 10.0. The fraction of sp³-hybridized carbons (Fsp3) is 0.900. The van der Waals surface area contributed by atoms with Crippen molar-refractivity contribution in [3.63, 3.8) is 0 Å². The predicted octanol–water partition coefficient (Wildman–Crippen LogP) is 20.3. The van der Waals surface area contributed by atoms with Crippen molar-refractivity contribution >= 4 is 17.7 Å². The predicted molar refractivity (Wildman–Crippen MR) is 446 cm³/mol. The van der Waals surface area contributed by atoms with Gasteiger partial charge in [0.1, 0.15) is 0 Å². The molecule has 0 aliphatic heterocycles. The Bertz CT molecular complexity index is 1750. The summed E-state index contributed by atoms with van der Waals surface area (Å²) in [4.78, 5) is 49.5. The number of hydrogen-bond donors (Lipinski definition) is 9. The summed E-state index contributed by atoms with van der Waals surface area (Å²) in [5.74, 6) is -1.23. The average molecular weight is 1480 g/mol. The molecule has 3 amide bonds. The first-order valence-corrected chi connectivity index (χ1v) is 45.4. The van der Waals surface area contributed by atoms with Gasteiger partial charge in [-0.3, -0.25) is 29.1 Å². The number of aliphatic hydroxyl groups excluding tert-OH is 6. The number of unbranched alkanes of at least 4 members (excludes halogenated alkanes) is 42. The van der Waals surface area contributed by atoms with Gasteiger partial charge in [-0.15, -0.1) is 0 Å². The highest BCUT2D eigenvalue weighted by atomic mass is 16.3. The molecule has 618 valence electrons. The Morgan fingerprint density at radius 3 is 0.533 bits per heavy atom. The van der Waals surface area contributed by atoms with Crippen LogP contribution in [0.1, 0.15) is 439 Å². The SMILES string of the molecule is CCCCCCCCCCC(O)CN(CCCNC(=O)c1cc(C(=O)NCCCN(CC(O)CCCCCCCCCC)CC(O)CCCCCCCCCC)cc(C(=O)NCCCN(CC(O)CCCCCCCCCC)CC(O)CCCCCCCCCC)c1)CC(O)CCCCCCCCCC.